The Hall–Kier alpha value is -4.81. The molecule has 2 heterocycles. The number of methoxy groups -OCH3 is 2. The fraction of sp³-hybridized carbons (Fsp3) is 0.349. The van der Waals surface area contributed by atoms with Crippen LogP contribution in [0.4, 0.5) is 5.69 Å². The second-order valence-corrected chi connectivity index (χ2v) is 15.3. The SMILES string of the molecule is COCC[N+](CCOC)=c1ccc2c(/C=C/C=C/C=C3\N(CCCCCC(=O)O)c4ccc(S(=O)(=O)[O-])cc4C3(C)C)c(C)c(-c3ccccc3)oc-2c1. The lowest BCUT2D eigenvalue weighted by atomic mass is 9.83. The molecule has 0 amide bonds. The Labute approximate surface area is 318 Å². The maximum Gasteiger partial charge on any atom is 0.303 e. The smallest absolute Gasteiger partial charge is 0.303 e. The van der Waals surface area contributed by atoms with E-state index in [0.717, 1.165) is 68.9 Å². The zero-order valence-corrected chi connectivity index (χ0v) is 32.5. The Morgan fingerprint density at radius 1 is 0.944 bits per heavy atom. The van der Waals surface area contributed by atoms with Crippen molar-refractivity contribution in [1.29, 1.82) is 0 Å². The van der Waals surface area contributed by atoms with Crippen LogP contribution in [0.25, 0.3) is 28.7 Å². The molecule has 0 aromatic heterocycles. The van der Waals surface area contributed by atoms with Gasteiger partial charge in [-0.25, -0.2) is 13.0 Å². The number of hydrogen-bond donors (Lipinski definition) is 1. The molecule has 0 fully saturated rings. The van der Waals surface area contributed by atoms with Gasteiger partial charge in [0.15, 0.2) is 13.1 Å². The van der Waals surface area contributed by atoms with Crippen LogP contribution >= 0.6 is 0 Å². The van der Waals surface area contributed by atoms with Gasteiger partial charge in [0, 0.05) is 66.7 Å². The molecule has 0 spiro atoms. The Balaban J connectivity index is 1.52. The number of hydrogen-bond acceptors (Lipinski definition) is 8. The van der Waals surface area contributed by atoms with Crippen molar-refractivity contribution in [3.05, 3.63) is 119 Å². The average molecular weight is 755 g/mol. The molecule has 1 N–H and O–H groups in total. The highest BCUT2D eigenvalue weighted by Crippen LogP contribution is 2.48. The van der Waals surface area contributed by atoms with Crippen LogP contribution in [0.2, 0.25) is 0 Å². The zero-order chi connectivity index (χ0) is 38.9. The lowest BCUT2D eigenvalue weighted by Gasteiger charge is -2.27. The van der Waals surface area contributed by atoms with Crippen molar-refractivity contribution in [2.75, 3.05) is 52.0 Å². The minimum Gasteiger partial charge on any atom is -0.744 e. The van der Waals surface area contributed by atoms with E-state index in [2.05, 4.69) is 40.7 Å². The summed E-state index contributed by atoms with van der Waals surface area (Å²) in [5, 5.41) is 10.1. The third-order valence-electron chi connectivity index (χ3n) is 9.91. The van der Waals surface area contributed by atoms with Gasteiger partial charge in [0.25, 0.3) is 0 Å². The second-order valence-electron chi connectivity index (χ2n) is 13.9. The molecule has 0 saturated carbocycles. The maximum atomic E-state index is 11.9. The number of carbonyl (C=O) groups is 1. The highest BCUT2D eigenvalue weighted by atomic mass is 32.2. The van der Waals surface area contributed by atoms with Gasteiger partial charge in [0.2, 0.25) is 5.36 Å². The molecule has 0 radical (unpaired) electrons. The van der Waals surface area contributed by atoms with Crippen LogP contribution in [0.5, 0.6) is 0 Å². The van der Waals surface area contributed by atoms with Gasteiger partial charge < -0.3 is 28.5 Å². The Bertz CT molecular complexity index is 2170. The molecule has 2 aromatic rings. The molecule has 0 atom stereocenters. The third kappa shape index (κ3) is 9.46. The van der Waals surface area contributed by atoms with Gasteiger partial charge in [-0.2, -0.15) is 0 Å². The van der Waals surface area contributed by atoms with Crippen molar-refractivity contribution in [1.82, 2.24) is 4.58 Å². The minimum atomic E-state index is -4.63. The fourth-order valence-corrected chi connectivity index (χ4v) is 7.51. The Morgan fingerprint density at radius 3 is 2.33 bits per heavy atom. The lowest BCUT2D eigenvalue weighted by molar-refractivity contribution is -0.137. The van der Waals surface area contributed by atoms with Crippen LogP contribution in [0.1, 0.15) is 56.2 Å². The van der Waals surface area contributed by atoms with E-state index in [1.807, 2.05) is 68.5 Å². The first-order valence-electron chi connectivity index (χ1n) is 18.2. The number of anilines is 1. The topological polar surface area (TPSA) is 132 Å². The van der Waals surface area contributed by atoms with E-state index in [1.54, 1.807) is 20.3 Å². The lowest BCUT2D eigenvalue weighted by Crippen LogP contribution is -2.35. The van der Waals surface area contributed by atoms with E-state index in [-0.39, 0.29) is 11.3 Å². The number of rotatable bonds is 17. The van der Waals surface area contributed by atoms with Crippen LogP contribution < -0.4 is 14.8 Å². The van der Waals surface area contributed by atoms with Gasteiger partial charge in [0.1, 0.15) is 34.9 Å². The first-order chi connectivity index (χ1) is 25.9. The van der Waals surface area contributed by atoms with E-state index in [1.165, 1.54) is 12.1 Å². The van der Waals surface area contributed by atoms with Crippen LogP contribution in [0.15, 0.2) is 106 Å². The van der Waals surface area contributed by atoms with Crippen LogP contribution in [0.3, 0.4) is 0 Å². The third-order valence-corrected chi connectivity index (χ3v) is 10.7. The number of ether oxygens (including phenoxy) is 2. The van der Waals surface area contributed by atoms with Gasteiger partial charge in [0.05, 0.1) is 11.0 Å². The van der Waals surface area contributed by atoms with Gasteiger partial charge in [-0.05, 0) is 61.2 Å². The molecule has 0 bridgehead atoms. The van der Waals surface area contributed by atoms with Crippen LogP contribution in [-0.2, 0) is 29.8 Å². The predicted octanol–water partition coefficient (Wildman–Crippen LogP) is 7.23. The largest absolute Gasteiger partial charge is 0.744 e. The van der Waals surface area contributed by atoms with Gasteiger partial charge in [-0.3, -0.25) is 4.79 Å². The Kier molecular flexibility index (Phi) is 13.5. The summed E-state index contributed by atoms with van der Waals surface area (Å²) in [4.78, 5) is 12.9. The first kappa shape index (κ1) is 40.4. The number of fused-ring (bicyclic) bond motifs is 2. The molecule has 0 unspecified atom stereocenters. The minimum absolute atomic E-state index is 0.115. The highest BCUT2D eigenvalue weighted by molar-refractivity contribution is 7.85. The number of allylic oxidation sites excluding steroid dienone is 5. The molecular weight excluding hydrogens is 705 g/mol. The fourth-order valence-electron chi connectivity index (χ4n) is 7.01. The molecule has 286 valence electrons. The second kappa shape index (κ2) is 18.0. The van der Waals surface area contributed by atoms with Crippen molar-refractivity contribution < 1.29 is 36.8 Å². The number of unbranched alkanes of at least 4 members (excludes halogenated alkanes) is 2. The molecule has 11 heteroatoms. The van der Waals surface area contributed by atoms with E-state index in [0.29, 0.717) is 39.3 Å². The summed E-state index contributed by atoms with van der Waals surface area (Å²) in [7, 11) is -1.24. The average Bonchev–Trinajstić information content (AvgIpc) is 3.36. The van der Waals surface area contributed by atoms with Crippen molar-refractivity contribution in [3.8, 4) is 22.6 Å². The number of carboxylic acids is 1. The van der Waals surface area contributed by atoms with Gasteiger partial charge in [-0.15, -0.1) is 0 Å². The molecule has 2 aliphatic heterocycles. The molecular formula is C43H50N2O8S. The van der Waals surface area contributed by atoms with Crippen LogP contribution in [-0.4, -0.2) is 71.1 Å². The van der Waals surface area contributed by atoms with E-state index in [9.17, 15) is 17.8 Å². The van der Waals surface area contributed by atoms with E-state index < -0.39 is 21.5 Å². The monoisotopic (exact) mass is 754 g/mol. The van der Waals surface area contributed by atoms with Crippen molar-refractivity contribution in [2.24, 2.45) is 0 Å². The van der Waals surface area contributed by atoms with Crippen molar-refractivity contribution >= 4 is 27.9 Å². The number of carboxylic acid groups (broad SMARTS) is 1. The quantitative estimate of drug-likeness (QED) is 0.0514. The number of benzene rings is 3. The first-order valence-corrected chi connectivity index (χ1v) is 19.6. The molecule has 5 rings (SSSR count). The van der Waals surface area contributed by atoms with E-state index in [4.69, 9.17) is 19.0 Å². The van der Waals surface area contributed by atoms with Crippen molar-refractivity contribution in [3.63, 3.8) is 0 Å². The molecule has 1 aliphatic carbocycles. The summed E-state index contributed by atoms with van der Waals surface area (Å²) >= 11 is 0. The summed E-state index contributed by atoms with van der Waals surface area (Å²) in [6.07, 6.45) is 12.2. The normalized spacial score (nSPS) is 14.9. The van der Waals surface area contributed by atoms with Crippen LogP contribution in [0, 0.1) is 6.92 Å². The van der Waals surface area contributed by atoms with Gasteiger partial charge >= 0.3 is 5.97 Å². The molecule has 3 aliphatic rings. The Morgan fingerprint density at radius 2 is 1.67 bits per heavy atom. The van der Waals surface area contributed by atoms with Crippen molar-refractivity contribution in [2.45, 2.75) is 56.8 Å². The molecule has 10 nitrogen and oxygen atoms in total. The summed E-state index contributed by atoms with van der Waals surface area (Å²) in [5.41, 5.74) is 5.94. The van der Waals surface area contributed by atoms with E-state index >= 15 is 0 Å². The summed E-state index contributed by atoms with van der Waals surface area (Å²) in [6, 6.07) is 20.9. The summed E-state index contributed by atoms with van der Waals surface area (Å²) < 4.78 is 55.4. The highest BCUT2D eigenvalue weighted by Gasteiger charge is 2.40. The molecule has 54 heavy (non-hydrogen) atoms. The van der Waals surface area contributed by atoms with Gasteiger partial charge in [-0.1, -0.05) is 74.9 Å². The molecule has 0 saturated heterocycles. The predicted molar refractivity (Wildman–Crippen MR) is 211 cm³/mol. The summed E-state index contributed by atoms with van der Waals surface area (Å²) in [5.74, 6) is 0.728. The standard InChI is InChI=1S/C43H50N2O8S/c1-31-35(36-22-20-33(44(25-27-51-4)26-28-52-5)29-39(36)53-42(31)32-15-9-6-10-16-32)17-11-7-12-18-40-43(2,3)37-30-34(54(48,49)50)21-23-38(37)45(40)24-14-8-13-19-41(46)47/h6-7,9-12,15-18,20-23,29-30H,8,13-14,19,24-28H2,1-5H3,(H-,46,47,48,49,50). The zero-order valence-electron chi connectivity index (χ0n) is 31.7. The number of nitrogens with zero attached hydrogens (tertiary/aromatic N) is 2. The molecule has 2 aromatic carbocycles. The number of aliphatic carboxylic acids is 1. The summed E-state index contributed by atoms with van der Waals surface area (Å²) in [6.45, 7) is 9.29. The maximum absolute atomic E-state index is 11.9.